The summed E-state index contributed by atoms with van der Waals surface area (Å²) in [7, 11) is 0. The number of aliphatic hydroxyl groups excluding tert-OH is 2. The number of carbonyl (C=O) groups is 1. The van der Waals surface area contributed by atoms with Crippen molar-refractivity contribution in [2.45, 2.75) is 42.7 Å². The second-order valence-corrected chi connectivity index (χ2v) is 7.31. The fourth-order valence-corrected chi connectivity index (χ4v) is 3.77. The van der Waals surface area contributed by atoms with Gasteiger partial charge in [-0.05, 0) is 12.0 Å². The SMILES string of the molecule is CC(C)[C@@H](N)C(=O)OC1C(O)[C@H](n2ccc(N)nc2=O)S[C@@H]1CO. The van der Waals surface area contributed by atoms with Crippen LogP contribution >= 0.6 is 11.8 Å². The van der Waals surface area contributed by atoms with Crippen molar-refractivity contribution in [3.05, 3.63) is 22.7 Å². The van der Waals surface area contributed by atoms with Crippen molar-refractivity contribution in [1.29, 1.82) is 0 Å². The van der Waals surface area contributed by atoms with Gasteiger partial charge in [-0.15, -0.1) is 11.8 Å². The highest BCUT2D eigenvalue weighted by Gasteiger charge is 2.47. The molecule has 1 aromatic rings. The first-order chi connectivity index (χ1) is 11.3. The molecule has 0 saturated carbocycles. The van der Waals surface area contributed by atoms with E-state index >= 15 is 0 Å². The Morgan fingerprint density at radius 3 is 2.75 bits per heavy atom. The lowest BCUT2D eigenvalue weighted by Gasteiger charge is -2.24. The maximum atomic E-state index is 12.1. The fourth-order valence-electron chi connectivity index (χ4n) is 2.35. The zero-order valence-corrected chi connectivity index (χ0v) is 14.2. The molecule has 24 heavy (non-hydrogen) atoms. The van der Waals surface area contributed by atoms with Crippen molar-refractivity contribution < 1.29 is 19.7 Å². The molecular formula is C14H22N4O5S. The van der Waals surface area contributed by atoms with Gasteiger partial charge in [0.1, 0.15) is 29.4 Å². The van der Waals surface area contributed by atoms with Crippen LogP contribution < -0.4 is 17.2 Å². The lowest BCUT2D eigenvalue weighted by atomic mass is 10.1. The highest BCUT2D eigenvalue weighted by molar-refractivity contribution is 8.00. The molecule has 2 heterocycles. The molecule has 6 N–H and O–H groups in total. The average molecular weight is 358 g/mol. The van der Waals surface area contributed by atoms with Gasteiger partial charge in [0.15, 0.2) is 0 Å². The van der Waals surface area contributed by atoms with Crippen LogP contribution in [0.1, 0.15) is 19.2 Å². The third kappa shape index (κ3) is 3.72. The minimum Gasteiger partial charge on any atom is -0.457 e. The number of rotatable bonds is 5. The van der Waals surface area contributed by atoms with Crippen LogP contribution in [0, 0.1) is 5.92 Å². The van der Waals surface area contributed by atoms with E-state index in [1.165, 1.54) is 16.8 Å². The first-order valence-electron chi connectivity index (χ1n) is 7.51. The molecular weight excluding hydrogens is 336 g/mol. The third-order valence-electron chi connectivity index (χ3n) is 3.86. The molecule has 2 unspecified atom stereocenters. The van der Waals surface area contributed by atoms with Crippen molar-refractivity contribution >= 4 is 23.5 Å². The highest BCUT2D eigenvalue weighted by Crippen LogP contribution is 2.42. The molecule has 2 rings (SSSR count). The molecule has 0 aromatic carbocycles. The van der Waals surface area contributed by atoms with Crippen molar-refractivity contribution in [2.24, 2.45) is 11.7 Å². The first-order valence-corrected chi connectivity index (χ1v) is 8.45. The number of aliphatic hydroxyl groups is 2. The van der Waals surface area contributed by atoms with Gasteiger partial charge in [-0.3, -0.25) is 9.36 Å². The maximum absolute atomic E-state index is 12.1. The van der Waals surface area contributed by atoms with Crippen molar-refractivity contribution in [2.75, 3.05) is 12.3 Å². The second kappa shape index (κ2) is 7.51. The fraction of sp³-hybridized carbons (Fsp3) is 0.643. The molecule has 9 nitrogen and oxygen atoms in total. The Labute approximate surface area is 143 Å². The topological polar surface area (TPSA) is 154 Å². The Morgan fingerprint density at radius 1 is 1.54 bits per heavy atom. The van der Waals surface area contributed by atoms with Gasteiger partial charge in [-0.2, -0.15) is 4.98 Å². The van der Waals surface area contributed by atoms with Crippen LogP contribution in [0.4, 0.5) is 5.82 Å². The average Bonchev–Trinajstić information content (AvgIpc) is 2.83. The number of thioether (sulfide) groups is 1. The molecule has 0 spiro atoms. The minimum atomic E-state index is -1.20. The van der Waals surface area contributed by atoms with Gasteiger partial charge in [-0.25, -0.2) is 4.79 Å². The van der Waals surface area contributed by atoms with Gasteiger partial charge in [-0.1, -0.05) is 13.8 Å². The van der Waals surface area contributed by atoms with Crippen LogP contribution in [0.3, 0.4) is 0 Å². The predicted octanol–water partition coefficient (Wildman–Crippen LogP) is -1.31. The van der Waals surface area contributed by atoms with Gasteiger partial charge < -0.3 is 26.4 Å². The van der Waals surface area contributed by atoms with Crippen LogP contribution in [-0.4, -0.2) is 55.8 Å². The van der Waals surface area contributed by atoms with Gasteiger partial charge in [0, 0.05) is 6.20 Å². The molecule has 0 bridgehead atoms. The van der Waals surface area contributed by atoms with Crippen LogP contribution in [0.25, 0.3) is 0 Å². The van der Waals surface area contributed by atoms with E-state index in [4.69, 9.17) is 16.2 Å². The molecule has 1 aliphatic heterocycles. The largest absolute Gasteiger partial charge is 0.457 e. The molecule has 1 aromatic heterocycles. The maximum Gasteiger partial charge on any atom is 0.350 e. The number of nitrogen functional groups attached to an aromatic ring is 1. The minimum absolute atomic E-state index is 0.0679. The Hall–Kier alpha value is -1.62. The van der Waals surface area contributed by atoms with E-state index in [0.717, 1.165) is 11.8 Å². The summed E-state index contributed by atoms with van der Waals surface area (Å²) in [5, 5.41) is 18.7. The molecule has 1 fully saturated rings. The van der Waals surface area contributed by atoms with E-state index in [1.54, 1.807) is 13.8 Å². The number of hydrogen-bond acceptors (Lipinski definition) is 9. The summed E-state index contributed by atoms with van der Waals surface area (Å²) in [5.41, 5.74) is 10.6. The number of nitrogens with two attached hydrogens (primary N) is 2. The number of anilines is 1. The van der Waals surface area contributed by atoms with Crippen molar-refractivity contribution in [3.8, 4) is 0 Å². The van der Waals surface area contributed by atoms with E-state index in [-0.39, 0.29) is 18.3 Å². The van der Waals surface area contributed by atoms with Crippen molar-refractivity contribution in [3.63, 3.8) is 0 Å². The van der Waals surface area contributed by atoms with Crippen LogP contribution in [-0.2, 0) is 9.53 Å². The van der Waals surface area contributed by atoms with Crippen molar-refractivity contribution in [1.82, 2.24) is 9.55 Å². The van der Waals surface area contributed by atoms with E-state index in [2.05, 4.69) is 4.98 Å². The third-order valence-corrected chi connectivity index (χ3v) is 5.41. The summed E-state index contributed by atoms with van der Waals surface area (Å²) < 4.78 is 6.51. The molecule has 0 amide bonds. The van der Waals surface area contributed by atoms with Gasteiger partial charge in [0.05, 0.1) is 11.9 Å². The number of ether oxygens (including phenoxy) is 1. The normalized spacial score (nSPS) is 28.1. The van der Waals surface area contributed by atoms with Gasteiger partial charge >= 0.3 is 11.7 Å². The standard InChI is InChI=1S/C14H22N4O5S/c1-6(2)9(16)13(21)23-11-7(5-19)24-12(10(11)20)18-4-3-8(15)17-14(18)22/h3-4,6-7,9-12,19-20H,5,16H2,1-2H3,(H2,15,17,22)/t7-,9-,10?,11?,12-/m1/s1. The molecule has 0 aliphatic carbocycles. The highest BCUT2D eigenvalue weighted by atomic mass is 32.2. The lowest BCUT2D eigenvalue weighted by Crippen LogP contribution is -2.44. The lowest BCUT2D eigenvalue weighted by molar-refractivity contribution is -0.157. The Bertz CT molecular complexity index is 652. The van der Waals surface area contributed by atoms with Crippen LogP contribution in [0.2, 0.25) is 0 Å². The van der Waals surface area contributed by atoms with Crippen LogP contribution in [0.5, 0.6) is 0 Å². The first kappa shape index (κ1) is 18.7. The zero-order valence-electron chi connectivity index (χ0n) is 13.4. The predicted molar refractivity (Wildman–Crippen MR) is 89.1 cm³/mol. The monoisotopic (exact) mass is 358 g/mol. The smallest absolute Gasteiger partial charge is 0.350 e. The Morgan fingerprint density at radius 2 is 2.21 bits per heavy atom. The molecule has 10 heteroatoms. The molecule has 0 radical (unpaired) electrons. The number of nitrogens with zero attached hydrogens (tertiary/aromatic N) is 2. The summed E-state index contributed by atoms with van der Waals surface area (Å²) in [6.07, 6.45) is -0.769. The quantitative estimate of drug-likeness (QED) is 0.470. The number of hydrogen-bond donors (Lipinski definition) is 4. The van der Waals surface area contributed by atoms with Crippen LogP contribution in [0.15, 0.2) is 17.1 Å². The molecule has 5 atom stereocenters. The summed E-state index contributed by atoms with van der Waals surface area (Å²) in [6, 6.07) is 0.595. The summed E-state index contributed by atoms with van der Waals surface area (Å²) >= 11 is 1.13. The zero-order chi connectivity index (χ0) is 18.0. The summed E-state index contributed by atoms with van der Waals surface area (Å²) in [6.45, 7) is 3.22. The van der Waals surface area contributed by atoms with Gasteiger partial charge in [0.2, 0.25) is 0 Å². The molecule has 134 valence electrons. The number of esters is 1. The summed E-state index contributed by atoms with van der Waals surface area (Å²) in [5.74, 6) is -0.717. The molecule has 1 aliphatic rings. The van der Waals surface area contributed by atoms with Gasteiger partial charge in [0.25, 0.3) is 0 Å². The van der Waals surface area contributed by atoms with E-state index in [9.17, 15) is 19.8 Å². The van der Waals surface area contributed by atoms with E-state index in [0.29, 0.717) is 0 Å². The number of aromatic nitrogens is 2. The molecule has 1 saturated heterocycles. The second-order valence-electron chi connectivity index (χ2n) is 5.95. The van der Waals surface area contributed by atoms with E-state index in [1.807, 2.05) is 0 Å². The Balaban J connectivity index is 2.21. The summed E-state index contributed by atoms with van der Waals surface area (Å²) in [4.78, 5) is 27.6. The number of carbonyl (C=O) groups excluding carboxylic acids is 1. The Kier molecular flexibility index (Phi) is 5.86. The van der Waals surface area contributed by atoms with E-state index < -0.39 is 40.5 Å².